The van der Waals surface area contributed by atoms with Crippen LogP contribution in [0.15, 0.2) is 42.7 Å². The third-order valence-corrected chi connectivity index (χ3v) is 6.49. The molecule has 0 aliphatic heterocycles. The standard InChI is InChI=1S/C26H32ClF3N8O/c1-15-6-7-18(12-23(15)38(32)14-21(31)19-13-34-37(5)16(19)2)35-25(39)17-10-20(26(28,29)30)24(27)22(11-17)33-8-9-36(3)4/h6-7,10-14,33H,8-9,31-32H2,1-5H3,(H,35,39)/b21-14-. The number of hydrazine groups is 1. The molecule has 3 aromatic rings. The van der Waals surface area contributed by atoms with Crippen molar-refractivity contribution in [1.82, 2.24) is 14.7 Å². The molecule has 210 valence electrons. The average Bonchev–Trinajstić information content (AvgIpc) is 3.18. The molecule has 2 aromatic carbocycles. The lowest BCUT2D eigenvalue weighted by Crippen LogP contribution is -2.27. The van der Waals surface area contributed by atoms with E-state index in [1.165, 1.54) is 17.3 Å². The highest BCUT2D eigenvalue weighted by atomic mass is 35.5. The van der Waals surface area contributed by atoms with Gasteiger partial charge in [-0.15, -0.1) is 0 Å². The highest BCUT2D eigenvalue weighted by Gasteiger charge is 2.35. The molecule has 1 heterocycles. The summed E-state index contributed by atoms with van der Waals surface area (Å²) in [5.41, 5.74) is 8.51. The number of halogens is 4. The Morgan fingerprint density at radius 2 is 1.90 bits per heavy atom. The molecule has 0 atom stereocenters. The number of carbonyl (C=O) groups is 1. The van der Waals surface area contributed by atoms with Crippen molar-refractivity contribution in [3.8, 4) is 0 Å². The summed E-state index contributed by atoms with van der Waals surface area (Å²) in [6, 6.07) is 6.98. The van der Waals surface area contributed by atoms with E-state index in [1.807, 2.05) is 32.8 Å². The summed E-state index contributed by atoms with van der Waals surface area (Å²) in [6.45, 7) is 4.57. The Balaban J connectivity index is 1.89. The Morgan fingerprint density at radius 3 is 2.49 bits per heavy atom. The molecule has 9 nitrogen and oxygen atoms in total. The van der Waals surface area contributed by atoms with Crippen molar-refractivity contribution in [2.75, 3.05) is 42.8 Å². The Labute approximate surface area is 230 Å². The van der Waals surface area contributed by atoms with Gasteiger partial charge in [-0.2, -0.15) is 18.3 Å². The normalized spacial score (nSPS) is 12.1. The molecule has 6 N–H and O–H groups in total. The van der Waals surface area contributed by atoms with Crippen LogP contribution in [0.3, 0.4) is 0 Å². The van der Waals surface area contributed by atoms with Gasteiger partial charge in [-0.1, -0.05) is 17.7 Å². The van der Waals surface area contributed by atoms with Crippen LogP contribution in [-0.4, -0.2) is 47.8 Å². The Morgan fingerprint density at radius 1 is 1.21 bits per heavy atom. The zero-order valence-corrected chi connectivity index (χ0v) is 23.1. The first-order chi connectivity index (χ1) is 18.2. The molecule has 0 aliphatic rings. The minimum atomic E-state index is -4.75. The number of amides is 1. The summed E-state index contributed by atoms with van der Waals surface area (Å²) >= 11 is 6.05. The summed E-state index contributed by atoms with van der Waals surface area (Å²) in [7, 11) is 5.46. The number of hydrogen-bond acceptors (Lipinski definition) is 7. The second-order valence-corrected chi connectivity index (χ2v) is 9.71. The molecular weight excluding hydrogens is 533 g/mol. The maximum atomic E-state index is 13.7. The first-order valence-corrected chi connectivity index (χ1v) is 12.3. The molecule has 13 heteroatoms. The number of hydrogen-bond donors (Lipinski definition) is 4. The quantitative estimate of drug-likeness (QED) is 0.222. The molecule has 39 heavy (non-hydrogen) atoms. The fourth-order valence-corrected chi connectivity index (χ4v) is 4.03. The molecule has 0 saturated carbocycles. The van der Waals surface area contributed by atoms with Crippen LogP contribution in [0.5, 0.6) is 0 Å². The van der Waals surface area contributed by atoms with E-state index < -0.39 is 22.7 Å². The van der Waals surface area contributed by atoms with E-state index in [2.05, 4.69) is 15.7 Å². The molecular formula is C26H32ClF3N8O. The minimum absolute atomic E-state index is 0.0162. The van der Waals surface area contributed by atoms with Gasteiger partial charge in [-0.3, -0.25) is 14.5 Å². The van der Waals surface area contributed by atoms with Crippen LogP contribution >= 0.6 is 11.6 Å². The number of nitrogens with two attached hydrogens (primary N) is 2. The van der Waals surface area contributed by atoms with Gasteiger partial charge >= 0.3 is 6.18 Å². The third-order valence-electron chi connectivity index (χ3n) is 6.08. The number of aryl methyl sites for hydroxylation is 2. The van der Waals surface area contributed by atoms with Crippen molar-refractivity contribution in [1.29, 1.82) is 0 Å². The molecule has 1 aromatic heterocycles. The smallest absolute Gasteiger partial charge is 0.397 e. The summed E-state index contributed by atoms with van der Waals surface area (Å²) in [5, 5.41) is 10.5. The maximum absolute atomic E-state index is 13.7. The number of aromatic nitrogens is 2. The topological polar surface area (TPSA) is 117 Å². The van der Waals surface area contributed by atoms with Crippen LogP contribution in [0.4, 0.5) is 30.2 Å². The molecule has 0 bridgehead atoms. The number of nitrogens with one attached hydrogen (secondary N) is 2. The molecule has 1 amide bonds. The highest BCUT2D eigenvalue weighted by Crippen LogP contribution is 2.39. The third kappa shape index (κ3) is 7.22. The van der Waals surface area contributed by atoms with E-state index in [-0.39, 0.29) is 11.3 Å². The van der Waals surface area contributed by atoms with E-state index in [4.69, 9.17) is 23.2 Å². The van der Waals surface area contributed by atoms with Gasteiger partial charge in [0.15, 0.2) is 0 Å². The van der Waals surface area contributed by atoms with E-state index in [1.54, 1.807) is 36.1 Å². The fourth-order valence-electron chi connectivity index (χ4n) is 3.74. The lowest BCUT2D eigenvalue weighted by Gasteiger charge is -2.20. The number of likely N-dealkylation sites (N-methyl/N-ethyl adjacent to an activating group) is 1. The van der Waals surface area contributed by atoms with Gasteiger partial charge in [0.1, 0.15) is 0 Å². The second-order valence-electron chi connectivity index (χ2n) is 9.33. The summed E-state index contributed by atoms with van der Waals surface area (Å²) in [6.07, 6.45) is -1.59. The lowest BCUT2D eigenvalue weighted by molar-refractivity contribution is -0.137. The second kappa shape index (κ2) is 12.0. The van der Waals surface area contributed by atoms with E-state index >= 15 is 0 Å². The Hall–Kier alpha value is -3.74. The number of carbonyl (C=O) groups excluding carboxylic acids is 1. The van der Waals surface area contributed by atoms with Crippen LogP contribution in [0, 0.1) is 13.8 Å². The molecule has 0 spiro atoms. The van der Waals surface area contributed by atoms with Crippen LogP contribution in [-0.2, 0) is 13.2 Å². The average molecular weight is 565 g/mol. The van der Waals surface area contributed by atoms with Gasteiger partial charge in [-0.25, -0.2) is 5.84 Å². The van der Waals surface area contributed by atoms with E-state index in [0.717, 1.165) is 17.3 Å². The van der Waals surface area contributed by atoms with Gasteiger partial charge in [0.25, 0.3) is 5.91 Å². The fraction of sp³-hybridized carbons (Fsp3) is 0.308. The van der Waals surface area contributed by atoms with Crippen molar-refractivity contribution in [3.63, 3.8) is 0 Å². The number of nitrogens with zero attached hydrogens (tertiary/aromatic N) is 4. The minimum Gasteiger partial charge on any atom is -0.397 e. The molecule has 0 fully saturated rings. The van der Waals surface area contributed by atoms with E-state index in [0.29, 0.717) is 35.7 Å². The molecule has 0 radical (unpaired) electrons. The first-order valence-electron chi connectivity index (χ1n) is 11.9. The van der Waals surface area contributed by atoms with Crippen molar-refractivity contribution >= 4 is 40.3 Å². The van der Waals surface area contributed by atoms with Gasteiger partial charge in [0.2, 0.25) is 0 Å². The van der Waals surface area contributed by atoms with Crippen molar-refractivity contribution in [2.45, 2.75) is 20.0 Å². The van der Waals surface area contributed by atoms with Crippen LogP contribution in [0.2, 0.25) is 5.02 Å². The Kier molecular flexibility index (Phi) is 9.15. The van der Waals surface area contributed by atoms with Crippen LogP contribution in [0.25, 0.3) is 5.70 Å². The van der Waals surface area contributed by atoms with Gasteiger partial charge in [-0.05, 0) is 57.8 Å². The predicted octanol–water partition coefficient (Wildman–Crippen LogP) is 4.57. The zero-order chi connectivity index (χ0) is 29.1. The molecule has 0 aliphatic carbocycles. The monoisotopic (exact) mass is 564 g/mol. The number of rotatable bonds is 9. The Bertz CT molecular complexity index is 1380. The van der Waals surface area contributed by atoms with Gasteiger partial charge < -0.3 is 21.3 Å². The number of benzene rings is 2. The predicted molar refractivity (Wildman–Crippen MR) is 149 cm³/mol. The van der Waals surface area contributed by atoms with Crippen molar-refractivity contribution < 1.29 is 18.0 Å². The van der Waals surface area contributed by atoms with Crippen LogP contribution in [0.1, 0.15) is 32.7 Å². The van der Waals surface area contributed by atoms with E-state index in [9.17, 15) is 18.0 Å². The van der Waals surface area contributed by atoms with Crippen molar-refractivity contribution in [2.24, 2.45) is 18.6 Å². The van der Waals surface area contributed by atoms with Gasteiger partial charge in [0.05, 0.1) is 33.9 Å². The summed E-state index contributed by atoms with van der Waals surface area (Å²) in [4.78, 5) is 14.9. The maximum Gasteiger partial charge on any atom is 0.417 e. The molecule has 0 unspecified atom stereocenters. The van der Waals surface area contributed by atoms with Gasteiger partial charge in [0, 0.05) is 48.8 Å². The largest absolute Gasteiger partial charge is 0.417 e. The highest BCUT2D eigenvalue weighted by molar-refractivity contribution is 6.34. The van der Waals surface area contributed by atoms with Crippen LogP contribution < -0.4 is 27.2 Å². The number of anilines is 3. The summed E-state index contributed by atoms with van der Waals surface area (Å²) < 4.78 is 42.8. The summed E-state index contributed by atoms with van der Waals surface area (Å²) in [5.74, 6) is 5.52. The molecule has 0 saturated heterocycles. The number of alkyl halides is 3. The SMILES string of the molecule is Cc1ccc(NC(=O)c2cc(NCCN(C)C)c(Cl)c(C(F)(F)F)c2)cc1N(N)/C=C(\N)c1cnn(C)c1C. The van der Waals surface area contributed by atoms with Crippen molar-refractivity contribution in [3.05, 3.63) is 75.7 Å². The first kappa shape index (κ1) is 29.8. The lowest BCUT2D eigenvalue weighted by atomic mass is 10.1. The molecule has 3 rings (SSSR count). The zero-order valence-electron chi connectivity index (χ0n) is 22.3.